The number of aromatic nitrogens is 2. The highest BCUT2D eigenvalue weighted by Gasteiger charge is 2.11. The van der Waals surface area contributed by atoms with Crippen LogP contribution in [0.3, 0.4) is 0 Å². The minimum Gasteiger partial charge on any atom is -0.484 e. The first-order valence-corrected chi connectivity index (χ1v) is 7.25. The minimum atomic E-state index is -0.515. The Morgan fingerprint density at radius 2 is 1.80 bits per heavy atom. The van der Waals surface area contributed by atoms with E-state index < -0.39 is 17.0 Å². The van der Waals surface area contributed by atoms with Gasteiger partial charge in [-0.3, -0.25) is 24.6 Å². The maximum absolute atomic E-state index is 12.1. The number of ether oxygens (including phenoxy) is 1. The highest BCUT2D eigenvalue weighted by molar-refractivity contribution is 6.01. The van der Waals surface area contributed by atoms with Crippen molar-refractivity contribution in [3.05, 3.63) is 68.7 Å². The van der Waals surface area contributed by atoms with E-state index in [1.807, 2.05) is 6.07 Å². The molecule has 3 rings (SSSR count). The Morgan fingerprint density at radius 1 is 1.08 bits per heavy atom. The number of H-pyrrole nitrogens is 2. The number of nitrogens with zero attached hydrogens (tertiary/aromatic N) is 1. The molecule has 0 saturated heterocycles. The van der Waals surface area contributed by atoms with Crippen molar-refractivity contribution in [1.29, 1.82) is 5.26 Å². The number of rotatable bonds is 4. The van der Waals surface area contributed by atoms with Gasteiger partial charge in [-0.05, 0) is 36.4 Å². The fraction of sp³-hybridized carbons (Fsp3) is 0.0588. The van der Waals surface area contributed by atoms with Crippen LogP contribution in [0.4, 0.5) is 5.69 Å². The number of hydrogen-bond acceptors (Lipinski definition) is 5. The smallest absolute Gasteiger partial charge is 0.272 e. The molecule has 1 amide bonds. The van der Waals surface area contributed by atoms with Gasteiger partial charge in [0.1, 0.15) is 5.75 Å². The Balaban J connectivity index is 1.76. The van der Waals surface area contributed by atoms with Crippen LogP contribution in [-0.4, -0.2) is 22.7 Å². The van der Waals surface area contributed by atoms with Crippen LogP contribution in [0.15, 0.2) is 52.1 Å². The van der Waals surface area contributed by atoms with Gasteiger partial charge in [0.05, 0.1) is 28.1 Å². The molecule has 8 heteroatoms. The van der Waals surface area contributed by atoms with Gasteiger partial charge in [0, 0.05) is 0 Å². The monoisotopic (exact) mass is 336 g/mol. The van der Waals surface area contributed by atoms with Crippen LogP contribution in [0, 0.1) is 11.3 Å². The second-order valence-electron chi connectivity index (χ2n) is 5.11. The van der Waals surface area contributed by atoms with Gasteiger partial charge < -0.3 is 10.1 Å². The molecule has 124 valence electrons. The number of anilines is 1. The molecule has 0 aliphatic carbocycles. The molecular weight excluding hydrogens is 324 g/mol. The van der Waals surface area contributed by atoms with Crippen LogP contribution in [0.25, 0.3) is 10.8 Å². The predicted molar refractivity (Wildman–Crippen MR) is 90.5 cm³/mol. The molecule has 3 aromatic rings. The van der Waals surface area contributed by atoms with Crippen molar-refractivity contribution in [1.82, 2.24) is 10.2 Å². The van der Waals surface area contributed by atoms with Gasteiger partial charge in [-0.1, -0.05) is 6.07 Å². The molecule has 25 heavy (non-hydrogen) atoms. The molecule has 0 aliphatic rings. The van der Waals surface area contributed by atoms with E-state index in [1.54, 1.807) is 30.3 Å². The highest BCUT2D eigenvalue weighted by atomic mass is 16.5. The van der Waals surface area contributed by atoms with Crippen molar-refractivity contribution >= 4 is 22.4 Å². The molecule has 0 atom stereocenters. The summed E-state index contributed by atoms with van der Waals surface area (Å²) in [5.74, 6) is -0.0575. The average Bonchev–Trinajstić information content (AvgIpc) is 2.63. The van der Waals surface area contributed by atoms with Crippen LogP contribution in [0.5, 0.6) is 5.75 Å². The van der Waals surface area contributed by atoms with Crippen molar-refractivity contribution in [3.8, 4) is 11.8 Å². The molecule has 8 nitrogen and oxygen atoms in total. The first kappa shape index (κ1) is 16.0. The molecule has 0 unspecified atom stereocenters. The van der Waals surface area contributed by atoms with Gasteiger partial charge in [-0.15, -0.1) is 0 Å². The molecule has 1 aromatic heterocycles. The number of nitriles is 1. The van der Waals surface area contributed by atoms with Gasteiger partial charge in [0.2, 0.25) is 0 Å². The lowest BCUT2D eigenvalue weighted by atomic mass is 10.1. The zero-order chi connectivity index (χ0) is 17.8. The number of benzene rings is 2. The lowest BCUT2D eigenvalue weighted by Gasteiger charge is -2.09. The Kier molecular flexibility index (Phi) is 4.30. The molecule has 2 aromatic carbocycles. The lowest BCUT2D eigenvalue weighted by Crippen LogP contribution is -2.24. The highest BCUT2D eigenvalue weighted by Crippen LogP contribution is 2.17. The van der Waals surface area contributed by atoms with Crippen molar-refractivity contribution in [2.45, 2.75) is 0 Å². The second kappa shape index (κ2) is 6.72. The van der Waals surface area contributed by atoms with Crippen LogP contribution >= 0.6 is 0 Å². The molecule has 0 bridgehead atoms. The second-order valence-corrected chi connectivity index (χ2v) is 5.11. The lowest BCUT2D eigenvalue weighted by molar-refractivity contribution is -0.118. The van der Waals surface area contributed by atoms with Gasteiger partial charge in [-0.2, -0.15) is 5.26 Å². The summed E-state index contributed by atoms with van der Waals surface area (Å²) < 4.78 is 5.33. The maximum Gasteiger partial charge on any atom is 0.272 e. The molecule has 0 aliphatic heterocycles. The van der Waals surface area contributed by atoms with E-state index in [1.165, 1.54) is 12.1 Å². The predicted octanol–water partition coefficient (Wildman–Crippen LogP) is 1.11. The third-order valence-corrected chi connectivity index (χ3v) is 3.45. The third-order valence-electron chi connectivity index (χ3n) is 3.45. The summed E-state index contributed by atoms with van der Waals surface area (Å²) >= 11 is 0. The molecule has 0 saturated carbocycles. The van der Waals surface area contributed by atoms with Gasteiger partial charge in [0.25, 0.3) is 17.0 Å². The Bertz CT molecular complexity index is 1090. The van der Waals surface area contributed by atoms with Gasteiger partial charge in [-0.25, -0.2) is 0 Å². The Hall–Kier alpha value is -3.86. The molecule has 0 fully saturated rings. The van der Waals surface area contributed by atoms with Crippen LogP contribution in [0.1, 0.15) is 5.56 Å². The van der Waals surface area contributed by atoms with E-state index in [9.17, 15) is 14.4 Å². The number of nitrogens with one attached hydrogen (secondary N) is 3. The van der Waals surface area contributed by atoms with Gasteiger partial charge >= 0.3 is 0 Å². The fourth-order valence-corrected chi connectivity index (χ4v) is 2.29. The van der Waals surface area contributed by atoms with Gasteiger partial charge in [0.15, 0.2) is 6.61 Å². The van der Waals surface area contributed by atoms with Crippen LogP contribution in [0.2, 0.25) is 0 Å². The van der Waals surface area contributed by atoms with E-state index in [4.69, 9.17) is 10.00 Å². The molecule has 0 radical (unpaired) electrons. The number of hydrogen-bond donors (Lipinski definition) is 3. The SMILES string of the molecule is N#Cc1ccc(OCC(=O)Nc2cccc3c(=O)[nH][nH]c(=O)c23)cc1. The number of aromatic amines is 2. The van der Waals surface area contributed by atoms with E-state index in [0.717, 1.165) is 0 Å². The van der Waals surface area contributed by atoms with Crippen molar-refractivity contribution in [2.75, 3.05) is 11.9 Å². The molecule has 1 heterocycles. The summed E-state index contributed by atoms with van der Waals surface area (Å²) in [6, 6.07) is 12.9. The minimum absolute atomic E-state index is 0.0953. The summed E-state index contributed by atoms with van der Waals surface area (Å²) in [4.78, 5) is 35.7. The zero-order valence-electron chi connectivity index (χ0n) is 12.8. The number of fused-ring (bicyclic) bond motifs is 1. The van der Waals surface area contributed by atoms with E-state index in [-0.39, 0.29) is 23.1 Å². The summed E-state index contributed by atoms with van der Waals surface area (Å²) in [6.45, 7) is -0.288. The third kappa shape index (κ3) is 3.40. The molecular formula is C17H12N4O4. The summed E-state index contributed by atoms with van der Waals surface area (Å²) in [6.07, 6.45) is 0. The summed E-state index contributed by atoms with van der Waals surface area (Å²) in [5, 5.41) is 16.0. The number of carbonyl (C=O) groups is 1. The Morgan fingerprint density at radius 3 is 2.52 bits per heavy atom. The quantitative estimate of drug-likeness (QED) is 0.657. The summed E-state index contributed by atoms with van der Waals surface area (Å²) in [7, 11) is 0. The molecule has 3 N–H and O–H groups in total. The van der Waals surface area contributed by atoms with E-state index in [2.05, 4.69) is 15.5 Å². The standard InChI is InChI=1S/C17H12N4O4/c18-8-10-4-6-11(7-5-10)25-9-14(22)19-13-3-1-2-12-15(13)17(24)21-20-16(12)23/h1-7H,9H2,(H,19,22)(H,20,23)(H,21,24). The topological polar surface area (TPSA) is 128 Å². The Labute approximate surface area is 140 Å². The fourth-order valence-electron chi connectivity index (χ4n) is 2.29. The van der Waals surface area contributed by atoms with Crippen molar-refractivity contribution in [2.24, 2.45) is 0 Å². The average molecular weight is 336 g/mol. The first-order chi connectivity index (χ1) is 12.1. The van der Waals surface area contributed by atoms with Crippen molar-refractivity contribution < 1.29 is 9.53 Å². The van der Waals surface area contributed by atoms with E-state index >= 15 is 0 Å². The number of amides is 1. The normalized spacial score (nSPS) is 10.2. The van der Waals surface area contributed by atoms with Crippen LogP contribution in [-0.2, 0) is 4.79 Å². The maximum atomic E-state index is 12.1. The van der Waals surface area contributed by atoms with Crippen molar-refractivity contribution in [3.63, 3.8) is 0 Å². The largest absolute Gasteiger partial charge is 0.484 e. The first-order valence-electron chi connectivity index (χ1n) is 7.25. The van der Waals surface area contributed by atoms with Crippen LogP contribution < -0.4 is 21.2 Å². The zero-order valence-corrected chi connectivity index (χ0v) is 12.8. The van der Waals surface area contributed by atoms with E-state index in [0.29, 0.717) is 11.3 Å². The molecule has 0 spiro atoms. The summed E-state index contributed by atoms with van der Waals surface area (Å²) in [5.41, 5.74) is -0.270. The number of carbonyl (C=O) groups excluding carboxylic acids is 1.